The van der Waals surface area contributed by atoms with E-state index in [-0.39, 0.29) is 0 Å². The molecule has 1 N–H and O–H groups in total. The average molecular weight is 295 g/mol. The zero-order chi connectivity index (χ0) is 14.5. The van der Waals surface area contributed by atoms with E-state index in [1.165, 1.54) is 58.2 Å². The van der Waals surface area contributed by atoms with Gasteiger partial charge in [-0.3, -0.25) is 9.80 Å². The molecule has 0 aromatic rings. The molecule has 122 valence electrons. The van der Waals surface area contributed by atoms with Gasteiger partial charge < -0.3 is 10.1 Å². The Balaban J connectivity index is 1.48. The van der Waals surface area contributed by atoms with Crippen LogP contribution in [-0.4, -0.2) is 73.9 Å². The van der Waals surface area contributed by atoms with Crippen molar-refractivity contribution in [1.29, 1.82) is 0 Å². The van der Waals surface area contributed by atoms with Gasteiger partial charge in [-0.05, 0) is 38.6 Å². The number of ether oxygens (including phenoxy) is 1. The summed E-state index contributed by atoms with van der Waals surface area (Å²) >= 11 is 0. The number of nitrogens with zero attached hydrogens (tertiary/aromatic N) is 2. The van der Waals surface area contributed by atoms with E-state index >= 15 is 0 Å². The van der Waals surface area contributed by atoms with Crippen LogP contribution in [0.15, 0.2) is 0 Å². The Labute approximate surface area is 130 Å². The van der Waals surface area contributed by atoms with E-state index < -0.39 is 0 Å². The minimum atomic E-state index is 0.778. The number of morpholine rings is 1. The van der Waals surface area contributed by atoms with Crippen molar-refractivity contribution in [3.63, 3.8) is 0 Å². The van der Waals surface area contributed by atoms with Crippen LogP contribution in [0, 0.1) is 0 Å². The third kappa shape index (κ3) is 4.19. The summed E-state index contributed by atoms with van der Waals surface area (Å²) in [5, 5.41) is 3.77. The highest BCUT2D eigenvalue weighted by molar-refractivity contribution is 4.95. The predicted octanol–water partition coefficient (Wildman–Crippen LogP) is 1.70. The van der Waals surface area contributed by atoms with E-state index in [4.69, 9.17) is 4.74 Å². The molecule has 3 heterocycles. The summed E-state index contributed by atoms with van der Waals surface area (Å²) in [6, 6.07) is 2.46. The number of piperidine rings is 2. The molecule has 2 atom stereocenters. The van der Waals surface area contributed by atoms with E-state index in [1.807, 2.05) is 0 Å². The lowest BCUT2D eigenvalue weighted by Gasteiger charge is -2.49. The summed E-state index contributed by atoms with van der Waals surface area (Å²) in [7, 11) is 0. The van der Waals surface area contributed by atoms with Gasteiger partial charge in [-0.15, -0.1) is 0 Å². The summed E-state index contributed by atoms with van der Waals surface area (Å²) in [6.07, 6.45) is 8.30. The molecular formula is C17H33N3O. The Kier molecular flexibility index (Phi) is 5.92. The number of hydrogen-bond acceptors (Lipinski definition) is 4. The van der Waals surface area contributed by atoms with E-state index in [9.17, 15) is 0 Å². The maximum absolute atomic E-state index is 5.45. The van der Waals surface area contributed by atoms with Crippen molar-refractivity contribution in [3.05, 3.63) is 0 Å². The highest BCUT2D eigenvalue weighted by Gasteiger charge is 2.37. The van der Waals surface area contributed by atoms with Gasteiger partial charge >= 0.3 is 0 Å². The molecule has 2 bridgehead atoms. The summed E-state index contributed by atoms with van der Waals surface area (Å²) < 4.78 is 5.45. The van der Waals surface area contributed by atoms with Gasteiger partial charge in [0.15, 0.2) is 0 Å². The van der Waals surface area contributed by atoms with E-state index in [0.29, 0.717) is 0 Å². The van der Waals surface area contributed by atoms with Crippen LogP contribution in [0.1, 0.15) is 45.4 Å². The fraction of sp³-hybridized carbons (Fsp3) is 1.00. The third-order valence-electron chi connectivity index (χ3n) is 5.59. The number of fused-ring (bicyclic) bond motifs is 2. The van der Waals surface area contributed by atoms with Crippen LogP contribution >= 0.6 is 0 Å². The molecule has 21 heavy (non-hydrogen) atoms. The number of hydrogen-bond donors (Lipinski definition) is 1. The molecule has 2 unspecified atom stereocenters. The molecular weight excluding hydrogens is 262 g/mol. The quantitative estimate of drug-likeness (QED) is 0.807. The fourth-order valence-electron chi connectivity index (χ4n) is 4.44. The van der Waals surface area contributed by atoms with E-state index in [0.717, 1.165) is 44.4 Å². The maximum atomic E-state index is 5.45. The molecule has 0 aliphatic carbocycles. The minimum absolute atomic E-state index is 0.778. The van der Waals surface area contributed by atoms with Gasteiger partial charge in [0.25, 0.3) is 0 Å². The lowest BCUT2D eigenvalue weighted by Crippen LogP contribution is -2.58. The van der Waals surface area contributed by atoms with Gasteiger partial charge in [0.2, 0.25) is 0 Å². The molecule has 3 aliphatic rings. The summed E-state index contributed by atoms with van der Waals surface area (Å²) in [5.41, 5.74) is 0. The first-order valence-electron chi connectivity index (χ1n) is 9.16. The monoisotopic (exact) mass is 295 g/mol. The second kappa shape index (κ2) is 7.91. The molecule has 3 saturated heterocycles. The van der Waals surface area contributed by atoms with Gasteiger partial charge in [-0.2, -0.15) is 0 Å². The fourth-order valence-corrected chi connectivity index (χ4v) is 4.44. The van der Waals surface area contributed by atoms with Crippen LogP contribution in [0.4, 0.5) is 0 Å². The molecule has 0 spiro atoms. The lowest BCUT2D eigenvalue weighted by atomic mass is 9.81. The van der Waals surface area contributed by atoms with Crippen molar-refractivity contribution in [3.8, 4) is 0 Å². The molecule has 3 fully saturated rings. The highest BCUT2D eigenvalue weighted by Crippen LogP contribution is 2.33. The molecule has 4 heteroatoms. The zero-order valence-corrected chi connectivity index (χ0v) is 13.7. The van der Waals surface area contributed by atoms with Crippen LogP contribution in [0.2, 0.25) is 0 Å². The summed E-state index contributed by atoms with van der Waals surface area (Å²) in [5.74, 6) is 0. The average Bonchev–Trinajstić information content (AvgIpc) is 2.51. The van der Waals surface area contributed by atoms with Crippen LogP contribution in [0.3, 0.4) is 0 Å². The van der Waals surface area contributed by atoms with Crippen LogP contribution in [-0.2, 0) is 4.74 Å². The zero-order valence-electron chi connectivity index (χ0n) is 13.7. The first kappa shape index (κ1) is 15.7. The van der Waals surface area contributed by atoms with Crippen molar-refractivity contribution >= 4 is 0 Å². The maximum Gasteiger partial charge on any atom is 0.0594 e. The van der Waals surface area contributed by atoms with Gasteiger partial charge in [0.05, 0.1) is 13.2 Å². The van der Waals surface area contributed by atoms with Crippen molar-refractivity contribution in [2.75, 3.05) is 45.9 Å². The number of nitrogens with one attached hydrogen (secondary N) is 1. The van der Waals surface area contributed by atoms with Gasteiger partial charge in [0, 0.05) is 44.3 Å². The molecule has 0 aromatic heterocycles. The van der Waals surface area contributed by atoms with Gasteiger partial charge in [-0.1, -0.05) is 13.3 Å². The summed E-state index contributed by atoms with van der Waals surface area (Å²) in [6.45, 7) is 10.1. The third-order valence-corrected chi connectivity index (χ3v) is 5.59. The van der Waals surface area contributed by atoms with Crippen molar-refractivity contribution in [2.45, 2.75) is 63.6 Å². The molecule has 0 amide bonds. The Morgan fingerprint density at radius 2 is 1.76 bits per heavy atom. The molecule has 0 radical (unpaired) electrons. The highest BCUT2D eigenvalue weighted by atomic mass is 16.5. The Hall–Kier alpha value is -0.160. The summed E-state index contributed by atoms with van der Waals surface area (Å²) in [4.78, 5) is 5.43. The smallest absolute Gasteiger partial charge is 0.0594 e. The van der Waals surface area contributed by atoms with Crippen molar-refractivity contribution < 1.29 is 4.74 Å². The van der Waals surface area contributed by atoms with E-state index in [1.54, 1.807) is 0 Å². The molecule has 3 aliphatic heterocycles. The molecule has 0 saturated carbocycles. The minimum Gasteiger partial charge on any atom is -0.379 e. The Bertz CT molecular complexity index is 292. The first-order valence-corrected chi connectivity index (χ1v) is 9.16. The largest absolute Gasteiger partial charge is 0.379 e. The Morgan fingerprint density at radius 1 is 1.05 bits per heavy atom. The van der Waals surface area contributed by atoms with Crippen molar-refractivity contribution in [2.24, 2.45) is 0 Å². The molecule has 0 aromatic carbocycles. The van der Waals surface area contributed by atoms with Gasteiger partial charge in [-0.25, -0.2) is 0 Å². The molecule has 3 rings (SSSR count). The van der Waals surface area contributed by atoms with E-state index in [2.05, 4.69) is 22.0 Å². The SMILES string of the molecule is CCCNC1CC2CCCC(C1)N2CCN1CCOCC1. The van der Waals surface area contributed by atoms with Crippen LogP contribution in [0.25, 0.3) is 0 Å². The number of rotatable bonds is 6. The first-order chi connectivity index (χ1) is 10.4. The second-order valence-corrected chi connectivity index (χ2v) is 7.05. The standard InChI is InChI=1S/C17H33N3O/c1-2-6-18-15-13-16-4-3-5-17(14-15)20(16)8-7-19-9-11-21-12-10-19/h15-18H,2-14H2,1H3. The second-order valence-electron chi connectivity index (χ2n) is 7.05. The normalized spacial score (nSPS) is 35.0. The van der Waals surface area contributed by atoms with Gasteiger partial charge in [0.1, 0.15) is 0 Å². The predicted molar refractivity (Wildman–Crippen MR) is 86.7 cm³/mol. The Morgan fingerprint density at radius 3 is 2.43 bits per heavy atom. The van der Waals surface area contributed by atoms with Crippen LogP contribution < -0.4 is 5.32 Å². The van der Waals surface area contributed by atoms with Crippen molar-refractivity contribution in [1.82, 2.24) is 15.1 Å². The molecule has 4 nitrogen and oxygen atoms in total. The van der Waals surface area contributed by atoms with Crippen LogP contribution in [0.5, 0.6) is 0 Å². The lowest BCUT2D eigenvalue weighted by molar-refractivity contribution is -0.00134. The topological polar surface area (TPSA) is 27.7 Å².